The summed E-state index contributed by atoms with van der Waals surface area (Å²) in [6.45, 7) is 0. The molecule has 7 heteroatoms. The van der Waals surface area contributed by atoms with E-state index >= 15 is 0 Å². The van der Waals surface area contributed by atoms with Crippen LogP contribution in [-0.2, 0) is 0 Å². The lowest BCUT2D eigenvalue weighted by atomic mass is 10.2. The number of anilines is 1. The van der Waals surface area contributed by atoms with E-state index in [1.165, 1.54) is 11.3 Å². The minimum atomic E-state index is 0.686. The molecule has 0 amide bonds. The molecule has 25 heavy (non-hydrogen) atoms. The fraction of sp³-hybridized carbons (Fsp3) is 0.111. The van der Waals surface area contributed by atoms with Gasteiger partial charge in [0.15, 0.2) is 0 Å². The Kier molecular flexibility index (Phi) is 5.53. The van der Waals surface area contributed by atoms with Gasteiger partial charge in [-0.3, -0.25) is 5.43 Å². The van der Waals surface area contributed by atoms with Crippen LogP contribution in [0.1, 0.15) is 5.56 Å². The van der Waals surface area contributed by atoms with Crippen LogP contribution in [0.5, 0.6) is 11.5 Å². The molecule has 0 atom stereocenters. The van der Waals surface area contributed by atoms with Gasteiger partial charge in [0.25, 0.3) is 0 Å². The largest absolute Gasteiger partial charge is 0.497 e. The predicted octanol–water partition coefficient (Wildman–Crippen LogP) is 4.93. The van der Waals surface area contributed by atoms with Gasteiger partial charge in [0.2, 0.25) is 5.13 Å². The molecule has 0 aliphatic heterocycles. The molecular formula is C18H16ClN3O2S. The zero-order valence-corrected chi connectivity index (χ0v) is 15.3. The van der Waals surface area contributed by atoms with Crippen LogP contribution in [0, 0.1) is 0 Å². The van der Waals surface area contributed by atoms with E-state index in [9.17, 15) is 0 Å². The van der Waals surface area contributed by atoms with E-state index in [1.807, 2.05) is 47.8 Å². The van der Waals surface area contributed by atoms with Gasteiger partial charge in [-0.25, -0.2) is 4.98 Å². The van der Waals surface area contributed by atoms with Crippen molar-refractivity contribution in [2.45, 2.75) is 0 Å². The van der Waals surface area contributed by atoms with Crippen LogP contribution >= 0.6 is 22.9 Å². The van der Waals surface area contributed by atoms with Gasteiger partial charge < -0.3 is 9.47 Å². The van der Waals surface area contributed by atoms with Gasteiger partial charge in [0.1, 0.15) is 11.5 Å². The maximum absolute atomic E-state index is 5.91. The number of hydrogen-bond acceptors (Lipinski definition) is 6. The van der Waals surface area contributed by atoms with Gasteiger partial charge in [0.05, 0.1) is 26.1 Å². The van der Waals surface area contributed by atoms with E-state index in [0.29, 0.717) is 15.9 Å². The van der Waals surface area contributed by atoms with Crippen LogP contribution in [0.25, 0.3) is 11.3 Å². The number of methoxy groups -OCH3 is 2. The number of aromatic nitrogens is 1. The molecule has 2 aromatic carbocycles. The number of rotatable bonds is 6. The third-order valence-corrected chi connectivity index (χ3v) is 4.45. The summed E-state index contributed by atoms with van der Waals surface area (Å²) in [5.41, 5.74) is 5.66. The van der Waals surface area contributed by atoms with Crippen molar-refractivity contribution in [2.75, 3.05) is 19.6 Å². The average molecular weight is 374 g/mol. The Labute approximate surface area is 154 Å². The molecule has 0 bridgehead atoms. The molecule has 0 saturated heterocycles. The second-order valence-corrected chi connectivity index (χ2v) is 6.32. The van der Waals surface area contributed by atoms with Gasteiger partial charge in [-0.05, 0) is 24.3 Å². The van der Waals surface area contributed by atoms with E-state index in [4.69, 9.17) is 21.1 Å². The monoisotopic (exact) mass is 373 g/mol. The Morgan fingerprint density at radius 2 is 1.92 bits per heavy atom. The zero-order valence-electron chi connectivity index (χ0n) is 13.7. The molecule has 0 fully saturated rings. The minimum absolute atomic E-state index is 0.686. The Bertz CT molecular complexity index is 878. The SMILES string of the molecule is COc1ccc(/C=N\Nc2nc(-c3ccc(Cl)cc3)cs2)c(OC)c1. The number of halogens is 1. The second-order valence-electron chi connectivity index (χ2n) is 5.02. The number of hydrazone groups is 1. The first-order valence-corrected chi connectivity index (χ1v) is 8.68. The first kappa shape index (κ1) is 17.3. The molecule has 1 N–H and O–H groups in total. The van der Waals surface area contributed by atoms with E-state index in [-0.39, 0.29) is 0 Å². The average Bonchev–Trinajstić information content (AvgIpc) is 3.11. The van der Waals surface area contributed by atoms with Crippen LogP contribution in [0.2, 0.25) is 5.02 Å². The van der Waals surface area contributed by atoms with Gasteiger partial charge in [-0.2, -0.15) is 5.10 Å². The first-order chi connectivity index (χ1) is 12.2. The first-order valence-electron chi connectivity index (χ1n) is 7.42. The number of ether oxygens (including phenoxy) is 2. The van der Waals surface area contributed by atoms with E-state index < -0.39 is 0 Å². The summed E-state index contributed by atoms with van der Waals surface area (Å²) in [6.07, 6.45) is 1.68. The fourth-order valence-corrected chi connectivity index (χ4v) is 2.95. The summed E-state index contributed by atoms with van der Waals surface area (Å²) in [6, 6.07) is 13.1. The summed E-state index contributed by atoms with van der Waals surface area (Å²) in [5.74, 6) is 1.42. The van der Waals surface area contributed by atoms with Crippen molar-refractivity contribution in [2.24, 2.45) is 5.10 Å². The quantitative estimate of drug-likeness (QED) is 0.492. The van der Waals surface area contributed by atoms with Crippen molar-refractivity contribution >= 4 is 34.3 Å². The van der Waals surface area contributed by atoms with Crippen LogP contribution in [0.15, 0.2) is 52.9 Å². The van der Waals surface area contributed by atoms with Crippen LogP contribution in [0.3, 0.4) is 0 Å². The Morgan fingerprint density at radius 1 is 1.12 bits per heavy atom. The van der Waals surface area contributed by atoms with Crippen LogP contribution < -0.4 is 14.9 Å². The maximum Gasteiger partial charge on any atom is 0.203 e. The summed E-state index contributed by atoms with van der Waals surface area (Å²) < 4.78 is 10.5. The number of hydrogen-bond donors (Lipinski definition) is 1. The highest BCUT2D eigenvalue weighted by Crippen LogP contribution is 2.26. The number of thiazole rings is 1. The van der Waals surface area contributed by atoms with Crippen molar-refractivity contribution < 1.29 is 9.47 Å². The van der Waals surface area contributed by atoms with Crippen molar-refractivity contribution in [3.63, 3.8) is 0 Å². The Hall–Kier alpha value is -2.57. The van der Waals surface area contributed by atoms with Gasteiger partial charge in [0, 0.05) is 27.6 Å². The van der Waals surface area contributed by atoms with E-state index in [1.54, 1.807) is 20.4 Å². The van der Waals surface area contributed by atoms with Gasteiger partial charge in [-0.15, -0.1) is 11.3 Å². The van der Waals surface area contributed by atoms with E-state index in [2.05, 4.69) is 15.5 Å². The molecular weight excluding hydrogens is 358 g/mol. The van der Waals surface area contributed by atoms with Gasteiger partial charge >= 0.3 is 0 Å². The summed E-state index contributed by atoms with van der Waals surface area (Å²) >= 11 is 7.39. The molecule has 3 aromatic rings. The molecule has 0 spiro atoms. The topological polar surface area (TPSA) is 55.7 Å². The maximum atomic E-state index is 5.91. The molecule has 0 unspecified atom stereocenters. The summed E-state index contributed by atoms with van der Waals surface area (Å²) in [4.78, 5) is 4.51. The number of nitrogens with zero attached hydrogens (tertiary/aromatic N) is 2. The van der Waals surface area contributed by atoms with Crippen molar-refractivity contribution in [3.05, 3.63) is 58.4 Å². The normalized spacial score (nSPS) is 10.8. The predicted molar refractivity (Wildman–Crippen MR) is 103 cm³/mol. The molecule has 128 valence electrons. The molecule has 1 aromatic heterocycles. The highest BCUT2D eigenvalue weighted by Gasteiger charge is 2.05. The molecule has 5 nitrogen and oxygen atoms in total. The molecule has 3 rings (SSSR count). The lowest BCUT2D eigenvalue weighted by Crippen LogP contribution is -1.95. The number of nitrogens with one attached hydrogen (secondary N) is 1. The van der Waals surface area contributed by atoms with Crippen molar-refractivity contribution in [3.8, 4) is 22.8 Å². The highest BCUT2D eigenvalue weighted by atomic mass is 35.5. The van der Waals surface area contributed by atoms with Crippen molar-refractivity contribution in [1.29, 1.82) is 0 Å². The van der Waals surface area contributed by atoms with E-state index in [0.717, 1.165) is 22.6 Å². The fourth-order valence-electron chi connectivity index (χ4n) is 2.16. The second kappa shape index (κ2) is 8.00. The lowest BCUT2D eigenvalue weighted by molar-refractivity contribution is 0.394. The van der Waals surface area contributed by atoms with Crippen LogP contribution in [0.4, 0.5) is 5.13 Å². The van der Waals surface area contributed by atoms with Gasteiger partial charge in [-0.1, -0.05) is 23.7 Å². The zero-order chi connectivity index (χ0) is 17.6. The molecule has 1 heterocycles. The third-order valence-electron chi connectivity index (χ3n) is 3.45. The molecule has 0 saturated carbocycles. The summed E-state index contributed by atoms with van der Waals surface area (Å²) in [7, 11) is 3.23. The Morgan fingerprint density at radius 3 is 2.64 bits per heavy atom. The Balaban J connectivity index is 1.70. The van der Waals surface area contributed by atoms with Crippen LogP contribution in [-0.4, -0.2) is 25.4 Å². The lowest BCUT2D eigenvalue weighted by Gasteiger charge is -2.06. The van der Waals surface area contributed by atoms with Crippen molar-refractivity contribution in [1.82, 2.24) is 4.98 Å². The summed E-state index contributed by atoms with van der Waals surface area (Å²) in [5, 5.41) is 7.60. The molecule has 0 radical (unpaired) electrons. The third kappa shape index (κ3) is 4.29. The molecule has 0 aliphatic carbocycles. The minimum Gasteiger partial charge on any atom is -0.497 e. The standard InChI is InChI=1S/C18H16ClN3O2S/c1-23-15-8-5-13(17(9-15)24-2)10-20-22-18-21-16(11-25-18)12-3-6-14(19)7-4-12/h3-11H,1-2H3,(H,21,22)/b20-10-. The number of benzene rings is 2. The molecule has 0 aliphatic rings. The smallest absolute Gasteiger partial charge is 0.203 e. The highest BCUT2D eigenvalue weighted by molar-refractivity contribution is 7.14.